The highest BCUT2D eigenvalue weighted by molar-refractivity contribution is 5.37. The fourth-order valence-corrected chi connectivity index (χ4v) is 1.79. The van der Waals surface area contributed by atoms with Gasteiger partial charge in [0.05, 0.1) is 13.2 Å². The lowest BCUT2D eigenvalue weighted by Crippen LogP contribution is -1.99. The van der Waals surface area contributed by atoms with Gasteiger partial charge in [-0.3, -0.25) is 0 Å². The van der Waals surface area contributed by atoms with Crippen molar-refractivity contribution in [1.29, 1.82) is 5.26 Å². The first-order chi connectivity index (χ1) is 7.67. The highest BCUT2D eigenvalue weighted by atomic mass is 16.5. The van der Waals surface area contributed by atoms with Gasteiger partial charge in [0.1, 0.15) is 5.75 Å². The maximum absolute atomic E-state index is 8.57. The van der Waals surface area contributed by atoms with Gasteiger partial charge >= 0.3 is 0 Å². The van der Waals surface area contributed by atoms with Crippen molar-refractivity contribution in [2.75, 3.05) is 7.11 Å². The fraction of sp³-hybridized carbons (Fsp3) is 0.500. The van der Waals surface area contributed by atoms with Crippen LogP contribution < -0.4 is 4.74 Å². The van der Waals surface area contributed by atoms with E-state index in [-0.39, 0.29) is 0 Å². The lowest BCUT2D eigenvalue weighted by Gasteiger charge is -2.12. The maximum Gasteiger partial charge on any atom is 0.122 e. The molecule has 0 aliphatic rings. The third-order valence-corrected chi connectivity index (χ3v) is 2.50. The number of aryl methyl sites for hydroxylation is 1. The van der Waals surface area contributed by atoms with Crippen LogP contribution in [0.15, 0.2) is 18.2 Å². The lowest BCUT2D eigenvalue weighted by molar-refractivity contribution is 0.406. The number of benzene rings is 1. The van der Waals surface area contributed by atoms with Crippen LogP contribution in [0.1, 0.15) is 31.4 Å². The van der Waals surface area contributed by atoms with Crippen molar-refractivity contribution in [2.24, 2.45) is 5.92 Å². The summed E-state index contributed by atoms with van der Waals surface area (Å²) in [7, 11) is 1.70. The van der Waals surface area contributed by atoms with Gasteiger partial charge in [-0.1, -0.05) is 26.0 Å². The summed E-state index contributed by atoms with van der Waals surface area (Å²) in [4.78, 5) is 0. The van der Waals surface area contributed by atoms with E-state index < -0.39 is 0 Å². The molecule has 0 bridgehead atoms. The van der Waals surface area contributed by atoms with Crippen LogP contribution in [-0.4, -0.2) is 7.11 Å². The van der Waals surface area contributed by atoms with Crippen LogP contribution in [0.3, 0.4) is 0 Å². The smallest absolute Gasteiger partial charge is 0.122 e. The van der Waals surface area contributed by atoms with Gasteiger partial charge in [-0.25, -0.2) is 0 Å². The number of hydrogen-bond acceptors (Lipinski definition) is 2. The molecule has 0 unspecified atom stereocenters. The van der Waals surface area contributed by atoms with Crippen LogP contribution in [-0.2, 0) is 12.8 Å². The molecule has 2 nitrogen and oxygen atoms in total. The molecule has 0 aromatic heterocycles. The van der Waals surface area contributed by atoms with Gasteiger partial charge < -0.3 is 4.74 Å². The van der Waals surface area contributed by atoms with Crippen LogP contribution in [0.25, 0.3) is 0 Å². The summed E-state index contributed by atoms with van der Waals surface area (Å²) < 4.78 is 5.34. The molecule has 0 atom stereocenters. The molecule has 0 fully saturated rings. The minimum absolute atomic E-state index is 0.577. The summed E-state index contributed by atoms with van der Waals surface area (Å²) in [6, 6.07) is 8.38. The maximum atomic E-state index is 8.57. The molecule has 0 saturated heterocycles. The van der Waals surface area contributed by atoms with E-state index in [2.05, 4.69) is 26.0 Å². The Hall–Kier alpha value is -1.49. The van der Waals surface area contributed by atoms with Gasteiger partial charge in [-0.15, -0.1) is 0 Å². The van der Waals surface area contributed by atoms with Gasteiger partial charge in [-0.05, 0) is 36.0 Å². The topological polar surface area (TPSA) is 33.0 Å². The highest BCUT2D eigenvalue weighted by Crippen LogP contribution is 2.23. The van der Waals surface area contributed by atoms with E-state index in [4.69, 9.17) is 10.00 Å². The summed E-state index contributed by atoms with van der Waals surface area (Å²) in [6.07, 6.45) is 2.42. The molecular formula is C14H19NO. The molecule has 0 radical (unpaired) electrons. The van der Waals surface area contributed by atoms with Crippen LogP contribution in [0.5, 0.6) is 5.75 Å². The monoisotopic (exact) mass is 217 g/mol. The van der Waals surface area contributed by atoms with E-state index in [9.17, 15) is 0 Å². The van der Waals surface area contributed by atoms with Gasteiger partial charge in [0.25, 0.3) is 0 Å². The summed E-state index contributed by atoms with van der Waals surface area (Å²) in [5, 5.41) is 8.57. The fourth-order valence-electron chi connectivity index (χ4n) is 1.79. The van der Waals surface area contributed by atoms with Crippen LogP contribution in [0.4, 0.5) is 0 Å². The zero-order chi connectivity index (χ0) is 12.0. The molecule has 1 rings (SSSR count). The Morgan fingerprint density at radius 2 is 2.12 bits per heavy atom. The Labute approximate surface area is 97.9 Å². The van der Waals surface area contributed by atoms with Crippen LogP contribution >= 0.6 is 0 Å². The third-order valence-electron chi connectivity index (χ3n) is 2.50. The van der Waals surface area contributed by atoms with E-state index in [0.29, 0.717) is 12.3 Å². The van der Waals surface area contributed by atoms with Crippen molar-refractivity contribution in [3.8, 4) is 11.8 Å². The van der Waals surface area contributed by atoms with Crippen molar-refractivity contribution in [2.45, 2.75) is 33.1 Å². The van der Waals surface area contributed by atoms with Crippen LogP contribution in [0.2, 0.25) is 0 Å². The van der Waals surface area contributed by atoms with Crippen molar-refractivity contribution in [1.82, 2.24) is 0 Å². The molecule has 0 N–H and O–H groups in total. The average molecular weight is 217 g/mol. The van der Waals surface area contributed by atoms with Crippen molar-refractivity contribution in [3.05, 3.63) is 29.3 Å². The van der Waals surface area contributed by atoms with E-state index in [1.807, 2.05) is 12.1 Å². The van der Waals surface area contributed by atoms with E-state index in [1.54, 1.807) is 7.11 Å². The molecule has 0 heterocycles. The normalized spacial score (nSPS) is 10.2. The molecule has 1 aromatic carbocycles. The average Bonchev–Trinajstić information content (AvgIpc) is 2.26. The molecule has 0 saturated carbocycles. The second-order valence-corrected chi connectivity index (χ2v) is 4.40. The van der Waals surface area contributed by atoms with Gasteiger partial charge in [0.2, 0.25) is 0 Å². The Morgan fingerprint density at radius 3 is 2.69 bits per heavy atom. The van der Waals surface area contributed by atoms with Crippen molar-refractivity contribution in [3.63, 3.8) is 0 Å². The largest absolute Gasteiger partial charge is 0.496 e. The first-order valence-corrected chi connectivity index (χ1v) is 5.70. The Bertz CT molecular complexity index is 377. The molecule has 1 aromatic rings. The quantitative estimate of drug-likeness (QED) is 0.757. The Kier molecular flexibility index (Phi) is 4.85. The van der Waals surface area contributed by atoms with E-state index in [1.165, 1.54) is 11.1 Å². The summed E-state index contributed by atoms with van der Waals surface area (Å²) in [6.45, 7) is 4.39. The second kappa shape index (κ2) is 6.17. The molecule has 0 aliphatic heterocycles. The minimum atomic E-state index is 0.577. The first-order valence-electron chi connectivity index (χ1n) is 5.70. The lowest BCUT2D eigenvalue weighted by atomic mass is 9.98. The highest BCUT2D eigenvalue weighted by Gasteiger charge is 2.06. The summed E-state index contributed by atoms with van der Waals surface area (Å²) >= 11 is 0. The molecule has 2 heteroatoms. The van der Waals surface area contributed by atoms with E-state index >= 15 is 0 Å². The number of methoxy groups -OCH3 is 1. The number of rotatable bonds is 5. The molecule has 86 valence electrons. The Balaban J connectivity index is 2.88. The number of hydrogen-bond donors (Lipinski definition) is 0. The number of nitriles is 1. The summed E-state index contributed by atoms with van der Waals surface area (Å²) in [5.74, 6) is 1.56. The van der Waals surface area contributed by atoms with Crippen molar-refractivity contribution < 1.29 is 4.74 Å². The predicted octanol–water partition coefficient (Wildman–Crippen LogP) is 3.35. The third kappa shape index (κ3) is 3.58. The molecule has 16 heavy (non-hydrogen) atoms. The Morgan fingerprint density at radius 1 is 1.38 bits per heavy atom. The van der Waals surface area contributed by atoms with Gasteiger partial charge in [-0.2, -0.15) is 5.26 Å². The first kappa shape index (κ1) is 12.6. The van der Waals surface area contributed by atoms with Gasteiger partial charge in [0, 0.05) is 6.42 Å². The van der Waals surface area contributed by atoms with E-state index in [0.717, 1.165) is 18.6 Å². The second-order valence-electron chi connectivity index (χ2n) is 4.40. The standard InChI is InChI=1S/C14H19NO/c1-11(2)9-13-10-12(5-4-8-15)6-7-14(13)16-3/h6-7,10-11H,4-5,9H2,1-3H3. The molecule has 0 amide bonds. The zero-order valence-electron chi connectivity index (χ0n) is 10.3. The molecule has 0 aliphatic carbocycles. The summed E-state index contributed by atoms with van der Waals surface area (Å²) in [5.41, 5.74) is 2.46. The number of ether oxygens (including phenoxy) is 1. The molecule has 0 spiro atoms. The van der Waals surface area contributed by atoms with Gasteiger partial charge in [0.15, 0.2) is 0 Å². The minimum Gasteiger partial charge on any atom is -0.496 e. The van der Waals surface area contributed by atoms with Crippen LogP contribution in [0, 0.1) is 17.2 Å². The predicted molar refractivity (Wildman–Crippen MR) is 65.5 cm³/mol. The SMILES string of the molecule is COc1ccc(CCC#N)cc1CC(C)C. The number of nitrogens with zero attached hydrogens (tertiary/aromatic N) is 1. The van der Waals surface area contributed by atoms with Crippen molar-refractivity contribution >= 4 is 0 Å². The molecular weight excluding hydrogens is 198 g/mol. The zero-order valence-corrected chi connectivity index (χ0v) is 10.3.